The molecule has 0 atom stereocenters. The van der Waals surface area contributed by atoms with Gasteiger partial charge in [0.15, 0.2) is 0 Å². The van der Waals surface area contributed by atoms with Crippen molar-refractivity contribution in [3.05, 3.63) is 30.0 Å². The Morgan fingerprint density at radius 2 is 1.85 bits per heavy atom. The fourth-order valence-corrected chi connectivity index (χ4v) is 2.42. The van der Waals surface area contributed by atoms with Gasteiger partial charge in [-0.2, -0.15) is 0 Å². The van der Waals surface area contributed by atoms with E-state index in [0.717, 1.165) is 18.5 Å². The lowest BCUT2D eigenvalue weighted by Crippen LogP contribution is -2.47. The van der Waals surface area contributed by atoms with Gasteiger partial charge in [0, 0.05) is 31.6 Å². The van der Waals surface area contributed by atoms with Crippen molar-refractivity contribution in [2.45, 2.75) is 0 Å². The number of nitrogens with zero attached hydrogens (tertiary/aromatic N) is 4. The Morgan fingerprint density at radius 3 is 2.60 bits per heavy atom. The van der Waals surface area contributed by atoms with E-state index in [2.05, 4.69) is 21.9 Å². The number of hydrogen-bond donors (Lipinski definition) is 1. The zero-order chi connectivity index (χ0) is 14.1. The lowest BCUT2D eigenvalue weighted by molar-refractivity contribution is 0.0660. The first kappa shape index (κ1) is 12.8. The number of carbonyl (C=O) groups excluding carboxylic acids is 1. The van der Waals surface area contributed by atoms with Crippen molar-refractivity contribution in [3.63, 3.8) is 0 Å². The molecule has 1 aliphatic heterocycles. The third-order valence-corrected chi connectivity index (χ3v) is 3.61. The largest absolute Gasteiger partial charge is 0.368 e. The van der Waals surface area contributed by atoms with Crippen molar-refractivity contribution >= 4 is 22.8 Å². The summed E-state index contributed by atoms with van der Waals surface area (Å²) in [6, 6.07) is 7.45. The van der Waals surface area contributed by atoms with E-state index in [4.69, 9.17) is 5.73 Å². The smallest absolute Gasteiger partial charge is 0.273 e. The van der Waals surface area contributed by atoms with Crippen molar-refractivity contribution in [2.75, 3.05) is 39.0 Å². The number of aromatic nitrogens is 2. The Balaban J connectivity index is 1.99. The highest BCUT2D eigenvalue weighted by Crippen LogP contribution is 2.18. The molecule has 1 aliphatic rings. The van der Waals surface area contributed by atoms with Gasteiger partial charge in [0.25, 0.3) is 5.91 Å². The van der Waals surface area contributed by atoms with Crippen LogP contribution in [0.25, 0.3) is 10.9 Å². The fourth-order valence-electron chi connectivity index (χ4n) is 2.42. The number of rotatable bonds is 1. The van der Waals surface area contributed by atoms with Crippen molar-refractivity contribution in [3.8, 4) is 0 Å². The number of nitrogens with two attached hydrogens (primary N) is 1. The summed E-state index contributed by atoms with van der Waals surface area (Å²) in [6.45, 7) is 3.19. The molecule has 6 nitrogen and oxygen atoms in total. The molecule has 6 heteroatoms. The fraction of sp³-hybridized carbons (Fsp3) is 0.357. The third kappa shape index (κ3) is 2.30. The molecule has 1 amide bonds. The van der Waals surface area contributed by atoms with Gasteiger partial charge in [0.2, 0.25) is 5.95 Å². The minimum absolute atomic E-state index is 0.0663. The molecule has 1 aromatic carbocycles. The van der Waals surface area contributed by atoms with Gasteiger partial charge in [-0.25, -0.2) is 9.97 Å². The summed E-state index contributed by atoms with van der Waals surface area (Å²) in [6.07, 6.45) is 0. The minimum atomic E-state index is -0.0663. The normalized spacial score (nSPS) is 16.6. The van der Waals surface area contributed by atoms with Crippen LogP contribution in [-0.2, 0) is 0 Å². The predicted octanol–water partition coefficient (Wildman–Crippen LogP) is 0.600. The molecule has 20 heavy (non-hydrogen) atoms. The molecule has 0 spiro atoms. The molecule has 1 saturated heterocycles. The third-order valence-electron chi connectivity index (χ3n) is 3.61. The summed E-state index contributed by atoms with van der Waals surface area (Å²) < 4.78 is 0. The van der Waals surface area contributed by atoms with Crippen LogP contribution in [0.15, 0.2) is 24.3 Å². The van der Waals surface area contributed by atoms with Crippen LogP contribution in [0.5, 0.6) is 0 Å². The van der Waals surface area contributed by atoms with Crippen LogP contribution in [0.1, 0.15) is 10.5 Å². The summed E-state index contributed by atoms with van der Waals surface area (Å²) in [7, 11) is 2.06. The second-order valence-corrected chi connectivity index (χ2v) is 5.04. The van der Waals surface area contributed by atoms with Gasteiger partial charge in [-0.15, -0.1) is 0 Å². The highest BCUT2D eigenvalue weighted by Gasteiger charge is 2.23. The quantitative estimate of drug-likeness (QED) is 0.822. The monoisotopic (exact) mass is 271 g/mol. The number of nitrogen functional groups attached to an aromatic ring is 1. The first-order valence-electron chi connectivity index (χ1n) is 6.65. The molecule has 0 bridgehead atoms. The topological polar surface area (TPSA) is 75.3 Å². The first-order chi connectivity index (χ1) is 9.65. The number of carbonyl (C=O) groups is 1. The number of benzene rings is 1. The molecule has 0 aliphatic carbocycles. The number of hydrogen-bond acceptors (Lipinski definition) is 5. The van der Waals surface area contributed by atoms with E-state index >= 15 is 0 Å². The molecule has 1 aromatic heterocycles. The van der Waals surface area contributed by atoms with E-state index in [1.165, 1.54) is 0 Å². The van der Waals surface area contributed by atoms with E-state index in [1.807, 2.05) is 29.2 Å². The van der Waals surface area contributed by atoms with Crippen LogP contribution in [0.2, 0.25) is 0 Å². The summed E-state index contributed by atoms with van der Waals surface area (Å²) in [5.74, 6) is 0.0737. The number of amides is 1. The predicted molar refractivity (Wildman–Crippen MR) is 77.4 cm³/mol. The van der Waals surface area contributed by atoms with Gasteiger partial charge in [0.1, 0.15) is 5.69 Å². The van der Waals surface area contributed by atoms with Crippen LogP contribution < -0.4 is 5.73 Å². The molecule has 2 heterocycles. The summed E-state index contributed by atoms with van der Waals surface area (Å²) in [5.41, 5.74) is 6.82. The van der Waals surface area contributed by atoms with E-state index in [-0.39, 0.29) is 11.9 Å². The van der Waals surface area contributed by atoms with Crippen molar-refractivity contribution in [1.29, 1.82) is 0 Å². The van der Waals surface area contributed by atoms with E-state index in [0.29, 0.717) is 24.3 Å². The molecule has 0 unspecified atom stereocenters. The summed E-state index contributed by atoms with van der Waals surface area (Å²) in [4.78, 5) is 25.0. The number of piperazine rings is 1. The lowest BCUT2D eigenvalue weighted by Gasteiger charge is -2.32. The Kier molecular flexibility index (Phi) is 3.23. The van der Waals surface area contributed by atoms with Crippen LogP contribution in [0.3, 0.4) is 0 Å². The molecule has 104 valence electrons. The number of para-hydroxylation sites is 1. The molecule has 1 fully saturated rings. The van der Waals surface area contributed by atoms with Gasteiger partial charge in [0.05, 0.1) is 5.52 Å². The Morgan fingerprint density at radius 1 is 1.15 bits per heavy atom. The molecular weight excluding hydrogens is 254 g/mol. The Labute approximate surface area is 117 Å². The van der Waals surface area contributed by atoms with Crippen LogP contribution in [0, 0.1) is 0 Å². The molecule has 0 radical (unpaired) electrons. The minimum Gasteiger partial charge on any atom is -0.368 e. The average Bonchev–Trinajstić information content (AvgIpc) is 2.46. The number of anilines is 1. The average molecular weight is 271 g/mol. The number of fused-ring (bicyclic) bond motifs is 1. The van der Waals surface area contributed by atoms with E-state index in [9.17, 15) is 4.79 Å². The Hall–Kier alpha value is -2.21. The highest BCUT2D eigenvalue weighted by atomic mass is 16.2. The number of likely N-dealkylation sites (N-methyl/N-ethyl adjacent to an activating group) is 1. The van der Waals surface area contributed by atoms with Crippen molar-refractivity contribution in [2.24, 2.45) is 0 Å². The molecule has 2 N–H and O–H groups in total. The van der Waals surface area contributed by atoms with Gasteiger partial charge in [-0.05, 0) is 13.1 Å². The van der Waals surface area contributed by atoms with Gasteiger partial charge >= 0.3 is 0 Å². The van der Waals surface area contributed by atoms with Gasteiger partial charge < -0.3 is 15.5 Å². The molecular formula is C14H17N5O. The van der Waals surface area contributed by atoms with Crippen LogP contribution in [0.4, 0.5) is 5.95 Å². The first-order valence-corrected chi connectivity index (χ1v) is 6.65. The van der Waals surface area contributed by atoms with Crippen molar-refractivity contribution in [1.82, 2.24) is 19.8 Å². The maximum absolute atomic E-state index is 12.6. The van der Waals surface area contributed by atoms with E-state index < -0.39 is 0 Å². The second-order valence-electron chi connectivity index (χ2n) is 5.04. The molecule has 2 aromatic rings. The maximum Gasteiger partial charge on any atom is 0.273 e. The summed E-state index contributed by atoms with van der Waals surface area (Å²) in [5, 5.41) is 0.755. The van der Waals surface area contributed by atoms with E-state index in [1.54, 1.807) is 0 Å². The lowest BCUT2D eigenvalue weighted by atomic mass is 10.1. The van der Waals surface area contributed by atoms with Crippen LogP contribution >= 0.6 is 0 Å². The van der Waals surface area contributed by atoms with Gasteiger partial charge in [-0.1, -0.05) is 18.2 Å². The SMILES string of the molecule is CN1CCN(C(=O)c2nc(N)nc3ccccc23)CC1. The second kappa shape index (κ2) is 5.05. The zero-order valence-electron chi connectivity index (χ0n) is 11.4. The zero-order valence-corrected chi connectivity index (χ0v) is 11.4. The standard InChI is InChI=1S/C14H17N5O/c1-18-6-8-19(9-7-18)13(20)12-10-4-2-3-5-11(10)16-14(15)17-12/h2-5H,6-9H2,1H3,(H2,15,16,17). The summed E-state index contributed by atoms with van der Waals surface area (Å²) >= 11 is 0. The molecule has 3 rings (SSSR count). The highest BCUT2D eigenvalue weighted by molar-refractivity contribution is 6.04. The van der Waals surface area contributed by atoms with Crippen molar-refractivity contribution < 1.29 is 4.79 Å². The Bertz CT molecular complexity index is 649. The van der Waals surface area contributed by atoms with Crippen LogP contribution in [-0.4, -0.2) is 58.9 Å². The molecule has 0 saturated carbocycles. The van der Waals surface area contributed by atoms with Gasteiger partial charge in [-0.3, -0.25) is 4.79 Å². The maximum atomic E-state index is 12.6.